The Kier molecular flexibility index (Phi) is 7.77. The predicted molar refractivity (Wildman–Crippen MR) is 116 cm³/mol. The highest BCUT2D eigenvalue weighted by Crippen LogP contribution is 2.24. The number of nitrogens with zero attached hydrogens (tertiary/aromatic N) is 1. The summed E-state index contributed by atoms with van der Waals surface area (Å²) in [5, 5.41) is 3.03. The molecular weight excluding hydrogens is 379 g/mol. The Labute approximate surface area is 177 Å². The number of halogens is 1. The third-order valence-electron chi connectivity index (χ3n) is 5.48. The topological polar surface area (TPSA) is 49.4 Å². The maximum absolute atomic E-state index is 13.3. The zero-order chi connectivity index (χ0) is 21.3. The fraction of sp³-hybridized carbons (Fsp3) is 0.360. The van der Waals surface area contributed by atoms with Gasteiger partial charge in [-0.2, -0.15) is 0 Å². The van der Waals surface area contributed by atoms with Crippen molar-refractivity contribution in [2.24, 2.45) is 0 Å². The van der Waals surface area contributed by atoms with E-state index >= 15 is 0 Å². The summed E-state index contributed by atoms with van der Waals surface area (Å²) >= 11 is 0. The third-order valence-corrected chi connectivity index (χ3v) is 5.48. The van der Waals surface area contributed by atoms with Crippen LogP contribution < -0.4 is 5.32 Å². The van der Waals surface area contributed by atoms with E-state index in [9.17, 15) is 14.0 Å². The maximum atomic E-state index is 13.3. The van der Waals surface area contributed by atoms with Crippen LogP contribution in [0.5, 0.6) is 0 Å². The lowest BCUT2D eigenvalue weighted by Gasteiger charge is -2.30. The SMILES string of the molecule is CC(=O)N(Cc1ccc(F)cc1)[C@H](C(=O)NCCC1=CCCCC1)c1ccccc1. The van der Waals surface area contributed by atoms with E-state index in [0.717, 1.165) is 30.4 Å². The molecule has 0 unspecified atom stereocenters. The quantitative estimate of drug-likeness (QED) is 0.630. The number of hydrogen-bond acceptors (Lipinski definition) is 2. The molecule has 2 amide bonds. The van der Waals surface area contributed by atoms with Crippen molar-refractivity contribution < 1.29 is 14.0 Å². The molecule has 2 aromatic rings. The van der Waals surface area contributed by atoms with E-state index in [0.29, 0.717) is 6.54 Å². The fourth-order valence-corrected chi connectivity index (χ4v) is 3.85. The average molecular weight is 409 g/mol. The largest absolute Gasteiger partial charge is 0.354 e. The summed E-state index contributed by atoms with van der Waals surface area (Å²) in [5.74, 6) is -0.740. The Morgan fingerprint density at radius 1 is 1.07 bits per heavy atom. The first-order valence-electron chi connectivity index (χ1n) is 10.6. The van der Waals surface area contributed by atoms with Crippen LogP contribution in [-0.4, -0.2) is 23.3 Å². The molecule has 0 aromatic heterocycles. The Morgan fingerprint density at radius 3 is 2.43 bits per heavy atom. The molecule has 1 aliphatic carbocycles. The Balaban J connectivity index is 1.77. The van der Waals surface area contributed by atoms with Gasteiger partial charge in [-0.25, -0.2) is 4.39 Å². The van der Waals surface area contributed by atoms with Crippen molar-refractivity contribution in [2.45, 2.75) is 51.6 Å². The van der Waals surface area contributed by atoms with Gasteiger partial charge in [-0.05, 0) is 55.4 Å². The first kappa shape index (κ1) is 21.8. The monoisotopic (exact) mass is 408 g/mol. The van der Waals surface area contributed by atoms with E-state index < -0.39 is 6.04 Å². The van der Waals surface area contributed by atoms with E-state index in [2.05, 4.69) is 11.4 Å². The standard InChI is InChI=1S/C25H29FN2O2/c1-19(29)28(18-21-12-14-23(26)15-13-21)24(22-10-6-3-7-11-22)25(30)27-17-16-20-8-4-2-5-9-20/h3,6-8,10-15,24H,2,4-5,9,16-18H2,1H3,(H,27,30)/t24-/m0/s1. The van der Waals surface area contributed by atoms with Gasteiger partial charge in [-0.15, -0.1) is 0 Å². The number of amides is 2. The Hall–Kier alpha value is -2.95. The minimum atomic E-state index is -0.742. The van der Waals surface area contributed by atoms with Crippen molar-refractivity contribution >= 4 is 11.8 Å². The number of allylic oxidation sites excluding steroid dienone is 1. The van der Waals surface area contributed by atoms with Gasteiger partial charge in [0, 0.05) is 20.0 Å². The first-order chi connectivity index (χ1) is 14.5. The summed E-state index contributed by atoms with van der Waals surface area (Å²) < 4.78 is 13.3. The van der Waals surface area contributed by atoms with E-state index in [4.69, 9.17) is 0 Å². The minimum Gasteiger partial charge on any atom is -0.354 e. The zero-order valence-electron chi connectivity index (χ0n) is 17.4. The van der Waals surface area contributed by atoms with Crippen molar-refractivity contribution in [1.29, 1.82) is 0 Å². The van der Waals surface area contributed by atoms with Crippen LogP contribution in [-0.2, 0) is 16.1 Å². The van der Waals surface area contributed by atoms with E-state index in [1.54, 1.807) is 12.1 Å². The smallest absolute Gasteiger partial charge is 0.247 e. The molecule has 0 aliphatic heterocycles. The zero-order valence-corrected chi connectivity index (χ0v) is 17.4. The second-order valence-corrected chi connectivity index (χ2v) is 7.74. The highest BCUT2D eigenvalue weighted by Gasteiger charge is 2.29. The maximum Gasteiger partial charge on any atom is 0.247 e. The number of carbonyl (C=O) groups is 2. The van der Waals surface area contributed by atoms with E-state index in [1.165, 1.54) is 42.4 Å². The second-order valence-electron chi connectivity index (χ2n) is 7.74. The van der Waals surface area contributed by atoms with Gasteiger partial charge in [0.1, 0.15) is 11.9 Å². The molecule has 0 radical (unpaired) electrons. The van der Waals surface area contributed by atoms with Gasteiger partial charge in [0.25, 0.3) is 0 Å². The molecule has 0 spiro atoms. The lowest BCUT2D eigenvalue weighted by molar-refractivity contribution is -0.140. The predicted octanol–water partition coefficient (Wildman–Crippen LogP) is 4.92. The molecule has 0 bridgehead atoms. The Morgan fingerprint density at radius 2 is 1.80 bits per heavy atom. The van der Waals surface area contributed by atoms with Crippen molar-refractivity contribution in [2.75, 3.05) is 6.54 Å². The van der Waals surface area contributed by atoms with Crippen LogP contribution in [0.15, 0.2) is 66.2 Å². The molecule has 0 saturated carbocycles. The molecule has 1 aliphatic rings. The highest BCUT2D eigenvalue weighted by molar-refractivity contribution is 5.88. The lowest BCUT2D eigenvalue weighted by atomic mass is 9.97. The molecule has 0 saturated heterocycles. The second kappa shape index (κ2) is 10.7. The van der Waals surface area contributed by atoms with Crippen LogP contribution in [0.3, 0.4) is 0 Å². The van der Waals surface area contributed by atoms with Gasteiger partial charge in [0.15, 0.2) is 0 Å². The molecule has 4 nitrogen and oxygen atoms in total. The molecule has 3 rings (SSSR count). The van der Waals surface area contributed by atoms with Gasteiger partial charge in [0.05, 0.1) is 0 Å². The number of carbonyl (C=O) groups excluding carboxylic acids is 2. The summed E-state index contributed by atoms with van der Waals surface area (Å²) in [6.45, 7) is 2.24. The van der Waals surface area contributed by atoms with Gasteiger partial charge in [0.2, 0.25) is 11.8 Å². The molecular formula is C25H29FN2O2. The number of benzene rings is 2. The number of rotatable bonds is 8. The molecule has 158 valence electrons. The van der Waals surface area contributed by atoms with Crippen molar-refractivity contribution in [3.8, 4) is 0 Å². The van der Waals surface area contributed by atoms with Crippen LogP contribution in [0.1, 0.15) is 56.2 Å². The summed E-state index contributed by atoms with van der Waals surface area (Å²) in [4.78, 5) is 27.2. The van der Waals surface area contributed by atoms with Crippen LogP contribution in [0, 0.1) is 5.82 Å². The van der Waals surface area contributed by atoms with Gasteiger partial charge in [-0.1, -0.05) is 54.1 Å². The van der Waals surface area contributed by atoms with Gasteiger partial charge in [-0.3, -0.25) is 9.59 Å². The molecule has 0 heterocycles. The molecule has 0 fully saturated rings. The molecule has 1 atom stereocenters. The summed E-state index contributed by atoms with van der Waals surface area (Å²) in [6, 6.07) is 14.6. The van der Waals surface area contributed by atoms with Crippen LogP contribution >= 0.6 is 0 Å². The van der Waals surface area contributed by atoms with Crippen LogP contribution in [0.25, 0.3) is 0 Å². The van der Waals surface area contributed by atoms with Gasteiger partial charge < -0.3 is 10.2 Å². The summed E-state index contributed by atoms with van der Waals surface area (Å²) in [5.41, 5.74) is 2.92. The number of hydrogen-bond donors (Lipinski definition) is 1. The van der Waals surface area contributed by atoms with E-state index in [-0.39, 0.29) is 24.2 Å². The van der Waals surface area contributed by atoms with Gasteiger partial charge >= 0.3 is 0 Å². The first-order valence-corrected chi connectivity index (χ1v) is 10.6. The van der Waals surface area contributed by atoms with E-state index in [1.807, 2.05) is 30.3 Å². The fourth-order valence-electron chi connectivity index (χ4n) is 3.85. The van der Waals surface area contributed by atoms with Crippen molar-refractivity contribution in [3.05, 3.63) is 83.2 Å². The average Bonchev–Trinajstić information content (AvgIpc) is 2.76. The molecule has 30 heavy (non-hydrogen) atoms. The normalized spacial score (nSPS) is 14.5. The highest BCUT2D eigenvalue weighted by atomic mass is 19.1. The third kappa shape index (κ3) is 6.02. The van der Waals surface area contributed by atoms with Crippen LogP contribution in [0.2, 0.25) is 0 Å². The summed E-state index contributed by atoms with van der Waals surface area (Å²) in [6.07, 6.45) is 7.78. The molecule has 5 heteroatoms. The van der Waals surface area contributed by atoms with Crippen molar-refractivity contribution in [3.63, 3.8) is 0 Å². The lowest BCUT2D eigenvalue weighted by Crippen LogP contribution is -2.42. The molecule has 2 aromatic carbocycles. The minimum absolute atomic E-state index is 0.199. The molecule has 1 N–H and O–H groups in total. The number of nitrogens with one attached hydrogen (secondary N) is 1. The Bertz CT molecular complexity index is 878. The summed E-state index contributed by atoms with van der Waals surface area (Å²) in [7, 11) is 0. The van der Waals surface area contributed by atoms with Crippen molar-refractivity contribution in [1.82, 2.24) is 10.2 Å². The van der Waals surface area contributed by atoms with Crippen LogP contribution in [0.4, 0.5) is 4.39 Å².